The van der Waals surface area contributed by atoms with E-state index in [4.69, 9.17) is 61.8 Å². The van der Waals surface area contributed by atoms with E-state index < -0.39 is 135 Å². The van der Waals surface area contributed by atoms with Crippen LogP contribution in [0.25, 0.3) is 0 Å². The maximum Gasteiger partial charge on any atom is 0.333 e. The molecule has 0 N–H and O–H groups in total. The van der Waals surface area contributed by atoms with Crippen LogP contribution in [0.4, 0.5) is 0 Å². The van der Waals surface area contributed by atoms with Gasteiger partial charge >= 0.3 is 47.8 Å². The van der Waals surface area contributed by atoms with E-state index in [1.807, 2.05) is 12.1 Å². The molecule has 0 aromatic heterocycles. The number of carbonyl (C=O) groups is 8. The second kappa shape index (κ2) is 26.1. The summed E-state index contributed by atoms with van der Waals surface area (Å²) >= 11 is 0. The quantitative estimate of drug-likeness (QED) is 0.0894. The standard InChI is InChI=1S/C49H55NO20/c1-27(51)59-25-38-41(63-29(3)53)43(64-30(4)54)46(67-33(7)57)49(69-38)70-42-39(26-60-28(2)52)68-48(45(66-32(6)56)44(42)65-31(5)55)62-24-37(47(58)61-23-34-17-11-8-12-18-34)50-40(35-19-13-9-14-20-35)36-21-15-10-16-22-36/h8-22,37-39,41-46,48-49H,23-26H2,1-7H3/t37?,38?,39?,41-,42+,43?,44?,45?,46?,48+,49-/m0/s1. The van der Waals surface area contributed by atoms with Crippen LogP contribution in [0.5, 0.6) is 0 Å². The van der Waals surface area contributed by atoms with Gasteiger partial charge in [0.15, 0.2) is 49.1 Å². The second-order valence-electron chi connectivity index (χ2n) is 15.8. The Morgan fingerprint density at radius 2 is 0.871 bits per heavy atom. The van der Waals surface area contributed by atoms with E-state index >= 15 is 0 Å². The zero-order chi connectivity index (χ0) is 50.9. The van der Waals surface area contributed by atoms with Crippen molar-refractivity contribution >= 4 is 53.5 Å². The zero-order valence-electron chi connectivity index (χ0n) is 39.5. The van der Waals surface area contributed by atoms with E-state index in [0.29, 0.717) is 22.4 Å². The number of rotatable bonds is 20. The molecule has 2 heterocycles. The number of hydrogen-bond acceptors (Lipinski definition) is 21. The van der Waals surface area contributed by atoms with Crippen molar-refractivity contribution < 1.29 is 95.2 Å². The second-order valence-corrected chi connectivity index (χ2v) is 15.8. The Morgan fingerprint density at radius 1 is 0.471 bits per heavy atom. The Kier molecular flexibility index (Phi) is 20.1. The van der Waals surface area contributed by atoms with Gasteiger partial charge < -0.3 is 56.8 Å². The Bertz CT molecular complexity index is 2270. The number of benzene rings is 3. The van der Waals surface area contributed by atoms with E-state index in [-0.39, 0.29) is 6.61 Å². The number of hydrogen-bond donors (Lipinski definition) is 0. The van der Waals surface area contributed by atoms with Crippen molar-refractivity contribution in [3.63, 3.8) is 0 Å². The van der Waals surface area contributed by atoms with E-state index in [2.05, 4.69) is 0 Å². The predicted octanol–water partition coefficient (Wildman–Crippen LogP) is 3.27. The van der Waals surface area contributed by atoms with Crippen molar-refractivity contribution in [3.05, 3.63) is 108 Å². The van der Waals surface area contributed by atoms with Crippen LogP contribution in [0.15, 0.2) is 96.0 Å². The predicted molar refractivity (Wildman–Crippen MR) is 238 cm³/mol. The lowest BCUT2D eigenvalue weighted by Crippen LogP contribution is -2.67. The lowest BCUT2D eigenvalue weighted by Gasteiger charge is -2.48. The highest BCUT2D eigenvalue weighted by Gasteiger charge is 2.58. The number of nitrogens with zero attached hydrogens (tertiary/aromatic N) is 1. The van der Waals surface area contributed by atoms with Crippen LogP contribution < -0.4 is 0 Å². The molecule has 11 atom stereocenters. The maximum absolute atomic E-state index is 14.1. The van der Waals surface area contributed by atoms with Gasteiger partial charge in [-0.15, -0.1) is 0 Å². The third kappa shape index (κ3) is 16.0. The third-order valence-electron chi connectivity index (χ3n) is 10.2. The normalized spacial score (nSPS) is 24.3. The Hall–Kier alpha value is -7.07. The minimum Gasteiger partial charge on any atom is -0.463 e. The van der Waals surface area contributed by atoms with Crippen molar-refractivity contribution in [2.45, 2.75) is 123 Å². The summed E-state index contributed by atoms with van der Waals surface area (Å²) in [6.45, 7) is 5.31. The Balaban J connectivity index is 1.59. The minimum absolute atomic E-state index is 0.134. The summed E-state index contributed by atoms with van der Waals surface area (Å²) in [5.74, 6) is -7.08. The summed E-state index contributed by atoms with van der Waals surface area (Å²) in [4.78, 5) is 107. The lowest BCUT2D eigenvalue weighted by molar-refractivity contribution is -0.361. The van der Waals surface area contributed by atoms with Crippen LogP contribution in [-0.4, -0.2) is 141 Å². The molecule has 376 valence electrons. The minimum atomic E-state index is -1.89. The summed E-state index contributed by atoms with van der Waals surface area (Å²) in [6.07, 6.45) is -16.9. The fourth-order valence-electron chi connectivity index (χ4n) is 7.44. The molecule has 0 radical (unpaired) electrons. The van der Waals surface area contributed by atoms with Crippen LogP contribution in [-0.2, 0) is 102 Å². The molecule has 21 nitrogen and oxygen atoms in total. The first-order valence-corrected chi connectivity index (χ1v) is 22.0. The topological polar surface area (TPSA) is 260 Å². The third-order valence-corrected chi connectivity index (χ3v) is 10.2. The molecular formula is C49H55NO20. The molecule has 7 unspecified atom stereocenters. The fraction of sp³-hybridized carbons (Fsp3) is 0.449. The van der Waals surface area contributed by atoms with Crippen molar-refractivity contribution in [1.29, 1.82) is 0 Å². The molecule has 2 fully saturated rings. The summed E-state index contributed by atoms with van der Waals surface area (Å²) < 4.78 is 69.7. The van der Waals surface area contributed by atoms with Crippen molar-refractivity contribution in [1.82, 2.24) is 0 Å². The van der Waals surface area contributed by atoms with Crippen LogP contribution >= 0.6 is 0 Å². The molecule has 0 spiro atoms. The van der Waals surface area contributed by atoms with Crippen LogP contribution in [0, 0.1) is 0 Å². The van der Waals surface area contributed by atoms with Crippen LogP contribution in [0.3, 0.4) is 0 Å². The molecule has 2 saturated heterocycles. The van der Waals surface area contributed by atoms with Crippen molar-refractivity contribution in [2.75, 3.05) is 19.8 Å². The van der Waals surface area contributed by atoms with Gasteiger partial charge in [-0.2, -0.15) is 0 Å². The highest BCUT2D eigenvalue weighted by atomic mass is 16.8. The molecule has 5 rings (SSSR count). The molecule has 0 saturated carbocycles. The zero-order valence-corrected chi connectivity index (χ0v) is 39.5. The molecular weight excluding hydrogens is 923 g/mol. The number of esters is 8. The Morgan fingerprint density at radius 3 is 1.34 bits per heavy atom. The number of ether oxygens (including phenoxy) is 12. The number of carbonyl (C=O) groups excluding carboxylic acids is 8. The molecule has 3 aromatic rings. The average Bonchev–Trinajstić information content (AvgIpc) is 3.30. The first-order chi connectivity index (χ1) is 33.4. The summed E-state index contributed by atoms with van der Waals surface area (Å²) in [5, 5.41) is 0. The number of aliphatic imine (C=N–C) groups is 1. The molecule has 3 aromatic carbocycles. The van der Waals surface area contributed by atoms with E-state index in [1.54, 1.807) is 78.9 Å². The lowest BCUT2D eigenvalue weighted by atomic mass is 9.96. The molecule has 2 aliphatic rings. The monoisotopic (exact) mass is 977 g/mol. The summed E-state index contributed by atoms with van der Waals surface area (Å²) in [5.41, 5.74) is 2.34. The van der Waals surface area contributed by atoms with Crippen molar-refractivity contribution in [3.8, 4) is 0 Å². The van der Waals surface area contributed by atoms with Crippen LogP contribution in [0.1, 0.15) is 65.2 Å². The largest absolute Gasteiger partial charge is 0.463 e. The van der Waals surface area contributed by atoms with Gasteiger partial charge in [-0.1, -0.05) is 91.0 Å². The van der Waals surface area contributed by atoms with Gasteiger partial charge in [0.05, 0.1) is 12.3 Å². The van der Waals surface area contributed by atoms with E-state index in [9.17, 15) is 38.4 Å². The molecule has 21 heteroatoms. The van der Waals surface area contributed by atoms with E-state index in [1.165, 1.54) is 0 Å². The first kappa shape index (κ1) is 53.9. The van der Waals surface area contributed by atoms with Gasteiger partial charge in [-0.3, -0.25) is 38.6 Å². The molecule has 0 aliphatic carbocycles. The SMILES string of the molecule is CC(=O)OCC1O[C@@H](OCC(N=C(c2ccccc2)c2ccccc2)C(=O)OCc2ccccc2)C(OC(C)=O)C(OC(C)=O)[C@@H]1O[C@@H]1OC(COC(C)=O)[C@H](OC(C)=O)C(OC(C)=O)C1OC(C)=O. The fourth-order valence-corrected chi connectivity index (χ4v) is 7.44. The molecule has 0 bridgehead atoms. The highest BCUT2D eigenvalue weighted by Crippen LogP contribution is 2.36. The molecule has 70 heavy (non-hydrogen) atoms. The van der Waals surface area contributed by atoms with Crippen LogP contribution in [0.2, 0.25) is 0 Å². The Labute approximate surface area is 402 Å². The van der Waals surface area contributed by atoms with Gasteiger partial charge in [0, 0.05) is 59.6 Å². The maximum atomic E-state index is 14.1. The van der Waals surface area contributed by atoms with Gasteiger partial charge in [-0.05, 0) is 5.56 Å². The first-order valence-electron chi connectivity index (χ1n) is 22.0. The van der Waals surface area contributed by atoms with Gasteiger partial charge in [0.2, 0.25) is 0 Å². The highest BCUT2D eigenvalue weighted by molar-refractivity contribution is 6.13. The van der Waals surface area contributed by atoms with E-state index in [0.717, 1.165) is 48.5 Å². The van der Waals surface area contributed by atoms with Crippen molar-refractivity contribution in [2.24, 2.45) is 4.99 Å². The summed E-state index contributed by atoms with van der Waals surface area (Å²) in [7, 11) is 0. The van der Waals surface area contributed by atoms with Gasteiger partial charge in [-0.25, -0.2) is 4.79 Å². The smallest absolute Gasteiger partial charge is 0.333 e. The van der Waals surface area contributed by atoms with Gasteiger partial charge in [0.25, 0.3) is 0 Å². The summed E-state index contributed by atoms with van der Waals surface area (Å²) in [6, 6.07) is 25.5. The molecule has 0 amide bonds. The van der Waals surface area contributed by atoms with Gasteiger partial charge in [0.1, 0.15) is 38.1 Å². The average molecular weight is 978 g/mol. The molecule has 2 aliphatic heterocycles.